The van der Waals surface area contributed by atoms with Crippen molar-refractivity contribution >= 4 is 62.9 Å². The number of carbonyl (C=O) groups excluding carboxylic acids is 4. The number of hydrogen-bond donors (Lipinski definition) is 6. The van der Waals surface area contributed by atoms with E-state index in [1.54, 1.807) is 51.2 Å². The number of aromatic nitrogens is 2. The van der Waals surface area contributed by atoms with Crippen molar-refractivity contribution in [2.75, 3.05) is 35.6 Å². The molecule has 0 unspecified atom stereocenters. The Balaban J connectivity index is 1.88. The zero-order valence-electron chi connectivity index (χ0n) is 22.6. The van der Waals surface area contributed by atoms with Gasteiger partial charge >= 0.3 is 6.09 Å². The first-order valence-electron chi connectivity index (χ1n) is 12.2. The number of nitrogens with one attached hydrogen (secondary N) is 5. The van der Waals surface area contributed by atoms with E-state index in [2.05, 4.69) is 52.5 Å². The number of amides is 4. The van der Waals surface area contributed by atoms with Crippen molar-refractivity contribution < 1.29 is 23.9 Å². The quantitative estimate of drug-likeness (QED) is 0.156. The molecular formula is C25H35BrN8O5. The molecule has 1 aromatic carbocycles. The molecule has 7 N–H and O–H groups in total. The Bertz CT molecular complexity index is 1200. The predicted octanol–water partition coefficient (Wildman–Crippen LogP) is 2.88. The summed E-state index contributed by atoms with van der Waals surface area (Å²) in [7, 11) is 0. The van der Waals surface area contributed by atoms with Crippen molar-refractivity contribution in [2.24, 2.45) is 11.1 Å². The molecule has 1 aromatic heterocycles. The Hall–Kier alpha value is -3.94. The number of benzene rings is 1. The molecule has 2 rings (SSSR count). The van der Waals surface area contributed by atoms with Gasteiger partial charge in [-0.05, 0) is 75.2 Å². The van der Waals surface area contributed by atoms with Crippen LogP contribution in [0.25, 0.3) is 0 Å². The average Bonchev–Trinajstić information content (AvgIpc) is 2.83. The van der Waals surface area contributed by atoms with Crippen LogP contribution in [0, 0.1) is 5.41 Å². The van der Waals surface area contributed by atoms with Crippen molar-refractivity contribution in [3.05, 3.63) is 34.9 Å². The van der Waals surface area contributed by atoms with Crippen LogP contribution in [-0.2, 0) is 19.1 Å². The standard InChI is InChI=1S/C25H35BrN8O5/c1-24(2,3)39-23(38)31-14-18(35)32-15-8-6-9-16(12-15)33-22-30-13-17(26)19(34-22)28-10-7-11-29-21(37)25(4,5)20(27)36/h6,8-9,12-13H,7,10-11,14H2,1-5H3,(H2,27,36)(H,29,37)(H,31,38)(H,32,35)(H2,28,30,33,34). The fraction of sp³-hybridized carbons (Fsp3) is 0.440. The number of alkyl carbamates (subject to hydrolysis) is 1. The highest BCUT2D eigenvalue weighted by atomic mass is 79.9. The van der Waals surface area contributed by atoms with E-state index < -0.39 is 34.8 Å². The molecule has 0 aliphatic heterocycles. The first-order chi connectivity index (χ1) is 18.2. The molecule has 0 saturated carbocycles. The largest absolute Gasteiger partial charge is 0.444 e. The first-order valence-corrected chi connectivity index (χ1v) is 12.9. The van der Waals surface area contributed by atoms with Gasteiger partial charge in [-0.1, -0.05) is 6.07 Å². The minimum Gasteiger partial charge on any atom is -0.444 e. The number of primary amides is 1. The van der Waals surface area contributed by atoms with Gasteiger partial charge in [0, 0.05) is 30.7 Å². The number of nitrogens with two attached hydrogens (primary N) is 1. The van der Waals surface area contributed by atoms with Gasteiger partial charge in [-0.2, -0.15) is 4.98 Å². The van der Waals surface area contributed by atoms with Crippen LogP contribution in [0.2, 0.25) is 0 Å². The molecule has 0 bridgehead atoms. The van der Waals surface area contributed by atoms with Gasteiger partial charge in [-0.25, -0.2) is 9.78 Å². The predicted molar refractivity (Wildman–Crippen MR) is 151 cm³/mol. The maximum Gasteiger partial charge on any atom is 0.408 e. The molecule has 0 aliphatic rings. The lowest BCUT2D eigenvalue weighted by Crippen LogP contribution is -2.46. The van der Waals surface area contributed by atoms with E-state index in [9.17, 15) is 19.2 Å². The topological polar surface area (TPSA) is 189 Å². The summed E-state index contributed by atoms with van der Waals surface area (Å²) in [6.45, 7) is 8.75. The number of hydrogen-bond acceptors (Lipinski definition) is 9. The molecule has 0 aliphatic carbocycles. The Morgan fingerprint density at radius 2 is 1.72 bits per heavy atom. The van der Waals surface area contributed by atoms with E-state index in [1.807, 2.05) is 0 Å². The van der Waals surface area contributed by atoms with E-state index in [-0.39, 0.29) is 6.54 Å². The second-order valence-corrected chi connectivity index (χ2v) is 10.9. The summed E-state index contributed by atoms with van der Waals surface area (Å²) >= 11 is 3.41. The summed E-state index contributed by atoms with van der Waals surface area (Å²) in [5.74, 6) is -0.686. The fourth-order valence-electron chi connectivity index (χ4n) is 2.86. The third-order valence-corrected chi connectivity index (χ3v) is 5.63. The minimum atomic E-state index is -1.28. The Morgan fingerprint density at radius 1 is 1.03 bits per heavy atom. The second kappa shape index (κ2) is 13.7. The zero-order chi connectivity index (χ0) is 29.2. The second-order valence-electron chi connectivity index (χ2n) is 10.0. The molecule has 14 heteroatoms. The number of rotatable bonds is 12. The van der Waals surface area contributed by atoms with E-state index in [1.165, 1.54) is 13.8 Å². The highest BCUT2D eigenvalue weighted by Crippen LogP contribution is 2.23. The van der Waals surface area contributed by atoms with Gasteiger partial charge < -0.3 is 37.1 Å². The van der Waals surface area contributed by atoms with Gasteiger partial charge in [0.1, 0.15) is 23.4 Å². The van der Waals surface area contributed by atoms with Crippen LogP contribution >= 0.6 is 15.9 Å². The van der Waals surface area contributed by atoms with Crippen molar-refractivity contribution in [3.63, 3.8) is 0 Å². The SMILES string of the molecule is CC(C)(C)OC(=O)NCC(=O)Nc1cccc(Nc2ncc(Br)c(NCCCNC(=O)C(C)(C)C(N)=O)n2)c1. The number of carbonyl (C=O) groups is 4. The molecular weight excluding hydrogens is 572 g/mol. The Labute approximate surface area is 235 Å². The van der Waals surface area contributed by atoms with Crippen molar-refractivity contribution in [3.8, 4) is 0 Å². The van der Waals surface area contributed by atoms with Crippen LogP contribution in [0.5, 0.6) is 0 Å². The average molecular weight is 608 g/mol. The maximum absolute atomic E-state index is 12.2. The van der Waals surface area contributed by atoms with E-state index in [0.29, 0.717) is 47.1 Å². The molecule has 39 heavy (non-hydrogen) atoms. The lowest BCUT2D eigenvalue weighted by atomic mass is 9.91. The van der Waals surface area contributed by atoms with Crippen LogP contribution < -0.4 is 32.3 Å². The molecule has 0 spiro atoms. The molecule has 2 aromatic rings. The smallest absolute Gasteiger partial charge is 0.408 e. The summed E-state index contributed by atoms with van der Waals surface area (Å²) in [6, 6.07) is 6.92. The summed E-state index contributed by atoms with van der Waals surface area (Å²) in [6.07, 6.45) is 1.48. The highest BCUT2D eigenvalue weighted by Gasteiger charge is 2.33. The molecule has 0 saturated heterocycles. The first kappa shape index (κ1) is 31.3. The Morgan fingerprint density at radius 3 is 2.38 bits per heavy atom. The van der Waals surface area contributed by atoms with Gasteiger partial charge in [0.15, 0.2) is 0 Å². The number of nitrogens with zero attached hydrogens (tertiary/aromatic N) is 2. The lowest BCUT2D eigenvalue weighted by molar-refractivity contribution is -0.139. The third kappa shape index (κ3) is 10.8. The number of halogens is 1. The summed E-state index contributed by atoms with van der Waals surface area (Å²) in [5, 5.41) is 14.1. The van der Waals surface area contributed by atoms with Gasteiger partial charge in [0.05, 0.1) is 4.47 Å². The lowest BCUT2D eigenvalue weighted by Gasteiger charge is -2.19. The third-order valence-electron chi connectivity index (χ3n) is 5.05. The normalized spacial score (nSPS) is 11.2. The molecule has 212 valence electrons. The summed E-state index contributed by atoms with van der Waals surface area (Å²) < 4.78 is 5.76. The van der Waals surface area contributed by atoms with Gasteiger partial charge in [0.2, 0.25) is 23.7 Å². The van der Waals surface area contributed by atoms with Crippen LogP contribution in [0.15, 0.2) is 34.9 Å². The van der Waals surface area contributed by atoms with Gasteiger partial charge in [-0.15, -0.1) is 0 Å². The van der Waals surface area contributed by atoms with Crippen LogP contribution in [0.4, 0.5) is 27.9 Å². The Kier molecular flexibility index (Phi) is 11.0. The minimum absolute atomic E-state index is 0.246. The summed E-state index contributed by atoms with van der Waals surface area (Å²) in [5.41, 5.74) is 4.45. The highest BCUT2D eigenvalue weighted by molar-refractivity contribution is 9.10. The monoisotopic (exact) mass is 606 g/mol. The van der Waals surface area contributed by atoms with Gasteiger partial charge in [-0.3, -0.25) is 14.4 Å². The van der Waals surface area contributed by atoms with E-state index in [0.717, 1.165) is 0 Å². The molecule has 4 amide bonds. The molecule has 0 atom stereocenters. The van der Waals surface area contributed by atoms with Crippen LogP contribution in [0.3, 0.4) is 0 Å². The van der Waals surface area contributed by atoms with Crippen LogP contribution in [-0.4, -0.2) is 59.0 Å². The van der Waals surface area contributed by atoms with Gasteiger partial charge in [0.25, 0.3) is 0 Å². The number of ether oxygens (including phenoxy) is 1. The molecule has 13 nitrogen and oxygen atoms in total. The van der Waals surface area contributed by atoms with Crippen LogP contribution in [0.1, 0.15) is 41.0 Å². The number of anilines is 4. The summed E-state index contributed by atoms with van der Waals surface area (Å²) in [4.78, 5) is 56.1. The van der Waals surface area contributed by atoms with Crippen molar-refractivity contribution in [2.45, 2.75) is 46.6 Å². The molecule has 0 fully saturated rings. The van der Waals surface area contributed by atoms with Crippen molar-refractivity contribution in [1.29, 1.82) is 0 Å². The van der Waals surface area contributed by atoms with E-state index in [4.69, 9.17) is 10.5 Å². The zero-order valence-corrected chi connectivity index (χ0v) is 24.2. The van der Waals surface area contributed by atoms with Crippen molar-refractivity contribution in [1.82, 2.24) is 20.6 Å². The molecule has 1 heterocycles. The van der Waals surface area contributed by atoms with E-state index >= 15 is 0 Å². The maximum atomic E-state index is 12.2. The fourth-order valence-corrected chi connectivity index (χ4v) is 3.19. The molecule has 0 radical (unpaired) electrons.